The van der Waals surface area contributed by atoms with Gasteiger partial charge in [0.25, 0.3) is 5.92 Å². The van der Waals surface area contributed by atoms with Gasteiger partial charge >= 0.3 is 0 Å². The van der Waals surface area contributed by atoms with Crippen molar-refractivity contribution in [3.8, 4) is 0 Å². The predicted octanol–water partition coefficient (Wildman–Crippen LogP) is 5.03. The maximum atomic E-state index is 13.6. The molecule has 0 aliphatic carbocycles. The van der Waals surface area contributed by atoms with Crippen molar-refractivity contribution in [1.29, 1.82) is 0 Å². The van der Waals surface area contributed by atoms with Gasteiger partial charge in [-0.2, -0.15) is 0 Å². The molecule has 0 atom stereocenters. The molecule has 8 nitrogen and oxygen atoms in total. The largest absolute Gasteiger partial charge is 0.480 e. The van der Waals surface area contributed by atoms with Crippen LogP contribution in [0.2, 0.25) is 0 Å². The second-order valence-electron chi connectivity index (χ2n) is 8.36. The number of para-hydroxylation sites is 1. The second kappa shape index (κ2) is 12.3. The van der Waals surface area contributed by atoms with Crippen molar-refractivity contribution >= 4 is 34.8 Å². The van der Waals surface area contributed by atoms with Gasteiger partial charge in [0.2, 0.25) is 12.3 Å². The van der Waals surface area contributed by atoms with Gasteiger partial charge in [-0.25, -0.2) is 14.2 Å². The molecule has 0 unspecified atom stereocenters. The number of nitrogens with one attached hydrogen (secondary N) is 2. The highest BCUT2D eigenvalue weighted by atomic mass is 19.3. The molecule has 1 aliphatic heterocycles. The van der Waals surface area contributed by atoms with E-state index in [1.807, 2.05) is 45.0 Å². The van der Waals surface area contributed by atoms with E-state index in [1.54, 1.807) is 17.0 Å². The Labute approximate surface area is 214 Å². The molecule has 1 amide bonds. The summed E-state index contributed by atoms with van der Waals surface area (Å²) in [5.41, 5.74) is 5.34. The second-order valence-corrected chi connectivity index (χ2v) is 8.36. The van der Waals surface area contributed by atoms with E-state index < -0.39 is 5.92 Å². The predicted molar refractivity (Wildman–Crippen MR) is 141 cm³/mol. The number of hydrogen-bond acceptors (Lipinski definition) is 7. The highest BCUT2D eigenvalue weighted by Gasteiger charge is 2.35. The van der Waals surface area contributed by atoms with Crippen LogP contribution < -0.4 is 21.1 Å². The Kier molecular flexibility index (Phi) is 9.21. The first-order valence-corrected chi connectivity index (χ1v) is 12.2. The molecule has 198 valence electrons. The summed E-state index contributed by atoms with van der Waals surface area (Å²) in [5, 5.41) is 7.66. The molecular formula is C27H32F2N4O4. The Hall–Kier alpha value is -3.95. The van der Waals surface area contributed by atoms with Crippen molar-refractivity contribution in [3.63, 3.8) is 0 Å². The lowest BCUT2D eigenvalue weighted by Crippen LogP contribution is -2.39. The molecule has 2 N–H and O–H groups in total. The lowest BCUT2D eigenvalue weighted by atomic mass is 10.1. The molecule has 3 aromatic rings. The van der Waals surface area contributed by atoms with Crippen LogP contribution in [-0.2, 0) is 16.1 Å². The van der Waals surface area contributed by atoms with E-state index >= 15 is 0 Å². The highest BCUT2D eigenvalue weighted by molar-refractivity contribution is 5.99. The number of hydrazone groups is 1. The number of aryl methyl sites for hydroxylation is 1. The average molecular weight is 515 g/mol. The summed E-state index contributed by atoms with van der Waals surface area (Å²) in [6.45, 7) is 6.42. The van der Waals surface area contributed by atoms with E-state index in [0.717, 1.165) is 11.1 Å². The van der Waals surface area contributed by atoms with Crippen LogP contribution in [0.4, 0.5) is 20.4 Å². The van der Waals surface area contributed by atoms with E-state index in [0.29, 0.717) is 35.2 Å². The number of rotatable bonds is 7. The standard InChI is InChI=1S/C25H26F2N4O4.C2H6/c1-16-11-17(14-28-20-6-4-3-5-18(20)24(34-2)30-29-15-32)23-19(12-16)21(33)13-22(35-23)31-9-7-25(26,27)8-10-31;1-2/h3-6,11-13,15,28H,7-10,14H2,1-2H3,(H,29,32);1-2H3/b30-24-;. The molecule has 0 radical (unpaired) electrons. The van der Waals surface area contributed by atoms with Crippen molar-refractivity contribution < 1.29 is 22.7 Å². The molecule has 10 heteroatoms. The van der Waals surface area contributed by atoms with Gasteiger partial charge in [0.15, 0.2) is 11.3 Å². The monoisotopic (exact) mass is 514 g/mol. The molecule has 4 rings (SSSR count). The number of piperidine rings is 1. The van der Waals surface area contributed by atoms with Gasteiger partial charge in [0, 0.05) is 49.8 Å². The van der Waals surface area contributed by atoms with Gasteiger partial charge in [-0.05, 0) is 30.7 Å². The SMILES string of the molecule is CC.CO/C(=N\NC=O)c1ccccc1NCc1cc(C)cc2c(=O)cc(N3CCC(F)(F)CC3)oc12. The zero-order valence-corrected chi connectivity index (χ0v) is 21.4. The van der Waals surface area contributed by atoms with Gasteiger partial charge in [0.05, 0.1) is 18.1 Å². The van der Waals surface area contributed by atoms with Crippen molar-refractivity contribution in [2.45, 2.75) is 46.1 Å². The van der Waals surface area contributed by atoms with Gasteiger partial charge in [-0.15, -0.1) is 5.10 Å². The summed E-state index contributed by atoms with van der Waals surface area (Å²) in [5.74, 6) is -2.19. The minimum Gasteiger partial charge on any atom is -0.480 e. The van der Waals surface area contributed by atoms with E-state index in [2.05, 4.69) is 15.8 Å². The maximum absolute atomic E-state index is 13.6. The number of fused-ring (bicyclic) bond motifs is 1. The van der Waals surface area contributed by atoms with E-state index in [4.69, 9.17) is 9.15 Å². The van der Waals surface area contributed by atoms with E-state index in [9.17, 15) is 18.4 Å². The fourth-order valence-electron chi connectivity index (χ4n) is 4.13. The number of anilines is 2. The van der Waals surface area contributed by atoms with Crippen LogP contribution >= 0.6 is 0 Å². The number of nitrogens with zero attached hydrogens (tertiary/aromatic N) is 2. The molecule has 1 fully saturated rings. The van der Waals surface area contributed by atoms with Crippen LogP contribution in [0.25, 0.3) is 11.0 Å². The minimum atomic E-state index is -2.70. The van der Waals surface area contributed by atoms with Gasteiger partial charge < -0.3 is 19.4 Å². The molecule has 37 heavy (non-hydrogen) atoms. The third kappa shape index (κ3) is 6.63. The number of benzene rings is 2. The van der Waals surface area contributed by atoms with Crippen LogP contribution in [0.3, 0.4) is 0 Å². The Bertz CT molecular complexity index is 1310. The number of carbonyl (C=O) groups excluding carboxylic acids is 1. The number of hydrogen-bond donors (Lipinski definition) is 2. The fourth-order valence-corrected chi connectivity index (χ4v) is 4.13. The van der Waals surface area contributed by atoms with Crippen LogP contribution in [-0.4, -0.2) is 38.4 Å². The number of halogens is 2. The number of amides is 1. The number of alkyl halides is 2. The van der Waals surface area contributed by atoms with Crippen LogP contribution in [0.1, 0.15) is 43.4 Å². The summed E-state index contributed by atoms with van der Waals surface area (Å²) >= 11 is 0. The summed E-state index contributed by atoms with van der Waals surface area (Å²) in [6.07, 6.45) is -0.122. The summed E-state index contributed by atoms with van der Waals surface area (Å²) < 4.78 is 38.7. The molecule has 2 aromatic carbocycles. The minimum absolute atomic E-state index is 0.113. The topological polar surface area (TPSA) is 96.2 Å². The van der Waals surface area contributed by atoms with Crippen LogP contribution in [0.15, 0.2) is 56.8 Å². The lowest BCUT2D eigenvalue weighted by Gasteiger charge is -2.32. The maximum Gasteiger partial charge on any atom is 0.251 e. The quantitative estimate of drug-likeness (QED) is 0.199. The molecule has 2 heterocycles. The van der Waals surface area contributed by atoms with Crippen LogP contribution in [0, 0.1) is 6.92 Å². The molecule has 0 bridgehead atoms. The first-order chi connectivity index (χ1) is 17.8. The Morgan fingerprint density at radius 3 is 2.57 bits per heavy atom. The Morgan fingerprint density at radius 2 is 1.89 bits per heavy atom. The Balaban J connectivity index is 0.00000186. The van der Waals surface area contributed by atoms with Gasteiger partial charge in [0.1, 0.15) is 5.58 Å². The third-order valence-corrected chi connectivity index (χ3v) is 5.88. The fraction of sp³-hybridized carbons (Fsp3) is 0.370. The number of ether oxygens (including phenoxy) is 1. The van der Waals surface area contributed by atoms with Crippen molar-refractivity contribution in [3.05, 3.63) is 69.4 Å². The summed E-state index contributed by atoms with van der Waals surface area (Å²) in [6, 6.07) is 12.3. The first-order valence-electron chi connectivity index (χ1n) is 12.2. The van der Waals surface area contributed by atoms with Crippen LogP contribution in [0.5, 0.6) is 0 Å². The third-order valence-electron chi connectivity index (χ3n) is 5.88. The van der Waals surface area contributed by atoms with Crippen molar-refractivity contribution in [1.82, 2.24) is 5.43 Å². The number of methoxy groups -OCH3 is 1. The van der Waals surface area contributed by atoms with Crippen molar-refractivity contribution in [2.75, 3.05) is 30.4 Å². The van der Waals surface area contributed by atoms with Gasteiger partial charge in [-0.3, -0.25) is 9.59 Å². The average Bonchev–Trinajstić information content (AvgIpc) is 2.90. The van der Waals surface area contributed by atoms with E-state index in [1.165, 1.54) is 13.2 Å². The highest BCUT2D eigenvalue weighted by Crippen LogP contribution is 2.32. The van der Waals surface area contributed by atoms with Gasteiger partial charge in [-0.1, -0.05) is 32.0 Å². The zero-order valence-electron chi connectivity index (χ0n) is 21.4. The molecular weight excluding hydrogens is 482 g/mol. The smallest absolute Gasteiger partial charge is 0.251 e. The molecule has 0 saturated carbocycles. The van der Waals surface area contributed by atoms with E-state index in [-0.39, 0.29) is 43.1 Å². The molecule has 1 aromatic heterocycles. The molecule has 0 spiro atoms. The normalized spacial score (nSPS) is 15.0. The summed E-state index contributed by atoms with van der Waals surface area (Å²) in [4.78, 5) is 25.2. The molecule has 1 saturated heterocycles. The molecule has 1 aliphatic rings. The first kappa shape index (κ1) is 27.6. The van der Waals surface area contributed by atoms with Crippen molar-refractivity contribution in [2.24, 2.45) is 5.10 Å². The Morgan fingerprint density at radius 1 is 1.19 bits per heavy atom. The summed E-state index contributed by atoms with van der Waals surface area (Å²) in [7, 11) is 1.45. The zero-order chi connectivity index (χ0) is 27.0. The number of carbonyl (C=O) groups is 1. The lowest BCUT2D eigenvalue weighted by molar-refractivity contribution is -0.109.